The van der Waals surface area contributed by atoms with Gasteiger partial charge >= 0.3 is 6.03 Å². The topological polar surface area (TPSA) is 87.5 Å². The van der Waals surface area contributed by atoms with E-state index in [4.69, 9.17) is 5.73 Å². The van der Waals surface area contributed by atoms with Crippen molar-refractivity contribution >= 4 is 11.9 Å². The standard InChI is InChI=1S/C11H24N4O2/c1-5-15(6-2)7-8(3)13-9(4)10(16)14-11(12)17/h8-9,13H,5-7H2,1-4H3,(H3,12,14,16,17). The van der Waals surface area contributed by atoms with Crippen molar-refractivity contribution < 1.29 is 9.59 Å². The van der Waals surface area contributed by atoms with E-state index in [0.29, 0.717) is 0 Å². The normalized spacial score (nSPS) is 14.4. The van der Waals surface area contributed by atoms with Crippen LogP contribution in [0.25, 0.3) is 0 Å². The second-order valence-electron chi connectivity index (χ2n) is 4.13. The molecular formula is C11H24N4O2. The number of amides is 3. The minimum Gasteiger partial charge on any atom is -0.351 e. The molecule has 0 bridgehead atoms. The molecule has 0 aliphatic rings. The maximum absolute atomic E-state index is 11.4. The second kappa shape index (κ2) is 8.03. The van der Waals surface area contributed by atoms with E-state index in [1.165, 1.54) is 0 Å². The fourth-order valence-corrected chi connectivity index (χ4v) is 1.65. The van der Waals surface area contributed by atoms with E-state index in [-0.39, 0.29) is 6.04 Å². The molecule has 0 aliphatic heterocycles. The molecule has 0 aliphatic carbocycles. The molecule has 0 saturated heterocycles. The zero-order valence-corrected chi connectivity index (χ0v) is 11.1. The van der Waals surface area contributed by atoms with Crippen LogP contribution < -0.4 is 16.4 Å². The van der Waals surface area contributed by atoms with Crippen molar-refractivity contribution in [2.75, 3.05) is 19.6 Å². The third-order valence-corrected chi connectivity index (χ3v) is 2.60. The first-order chi connectivity index (χ1) is 7.90. The number of nitrogens with zero attached hydrogens (tertiary/aromatic N) is 1. The van der Waals surface area contributed by atoms with Crippen molar-refractivity contribution in [3.8, 4) is 0 Å². The Morgan fingerprint density at radius 1 is 1.24 bits per heavy atom. The number of imide groups is 1. The Balaban J connectivity index is 4.06. The van der Waals surface area contributed by atoms with Crippen LogP contribution in [0.2, 0.25) is 0 Å². The number of carbonyl (C=O) groups is 2. The van der Waals surface area contributed by atoms with E-state index >= 15 is 0 Å². The van der Waals surface area contributed by atoms with Crippen LogP contribution in [-0.2, 0) is 4.79 Å². The lowest BCUT2D eigenvalue weighted by atomic mass is 10.2. The van der Waals surface area contributed by atoms with E-state index in [1.54, 1.807) is 6.92 Å². The molecule has 0 radical (unpaired) electrons. The van der Waals surface area contributed by atoms with Crippen LogP contribution in [0.1, 0.15) is 27.7 Å². The van der Waals surface area contributed by atoms with E-state index < -0.39 is 18.0 Å². The summed E-state index contributed by atoms with van der Waals surface area (Å²) in [5, 5.41) is 5.18. The molecular weight excluding hydrogens is 220 g/mol. The lowest BCUT2D eigenvalue weighted by Crippen LogP contribution is -2.51. The molecule has 0 spiro atoms. The van der Waals surface area contributed by atoms with Gasteiger partial charge in [-0.05, 0) is 26.9 Å². The second-order valence-corrected chi connectivity index (χ2v) is 4.13. The summed E-state index contributed by atoms with van der Waals surface area (Å²) in [6.07, 6.45) is 0. The minimum atomic E-state index is -0.819. The number of primary amides is 1. The summed E-state index contributed by atoms with van der Waals surface area (Å²) in [6, 6.07) is -1.09. The maximum Gasteiger partial charge on any atom is 0.318 e. The van der Waals surface area contributed by atoms with Crippen LogP contribution >= 0.6 is 0 Å². The number of hydrogen-bond acceptors (Lipinski definition) is 4. The summed E-state index contributed by atoms with van der Waals surface area (Å²) >= 11 is 0. The molecule has 2 unspecified atom stereocenters. The average Bonchev–Trinajstić information content (AvgIpc) is 2.24. The Labute approximate surface area is 103 Å². The Morgan fingerprint density at radius 3 is 2.18 bits per heavy atom. The SMILES string of the molecule is CCN(CC)CC(C)NC(C)C(=O)NC(N)=O. The molecule has 6 nitrogen and oxygen atoms in total. The van der Waals surface area contributed by atoms with Gasteiger partial charge in [0.15, 0.2) is 0 Å². The predicted octanol–water partition coefficient (Wildman–Crippen LogP) is -0.110. The van der Waals surface area contributed by atoms with Crippen molar-refractivity contribution in [3.05, 3.63) is 0 Å². The van der Waals surface area contributed by atoms with Gasteiger partial charge < -0.3 is 16.0 Å². The summed E-state index contributed by atoms with van der Waals surface area (Å²) in [6.45, 7) is 10.7. The molecule has 0 aromatic carbocycles. The van der Waals surface area contributed by atoms with E-state index in [9.17, 15) is 9.59 Å². The zero-order chi connectivity index (χ0) is 13.4. The molecule has 0 aromatic heterocycles. The number of nitrogens with one attached hydrogen (secondary N) is 2. The Hall–Kier alpha value is -1.14. The molecule has 17 heavy (non-hydrogen) atoms. The number of hydrogen-bond donors (Lipinski definition) is 3. The molecule has 3 amide bonds. The molecule has 0 aromatic rings. The van der Waals surface area contributed by atoms with Gasteiger partial charge in [0.05, 0.1) is 6.04 Å². The van der Waals surface area contributed by atoms with Crippen LogP contribution in [-0.4, -0.2) is 48.6 Å². The molecule has 0 heterocycles. The molecule has 0 rings (SSSR count). The summed E-state index contributed by atoms with van der Waals surface area (Å²) in [5.41, 5.74) is 4.88. The molecule has 6 heteroatoms. The van der Waals surface area contributed by atoms with Gasteiger partial charge in [0.2, 0.25) is 5.91 Å². The Kier molecular flexibility index (Phi) is 7.49. The first kappa shape index (κ1) is 15.9. The molecule has 100 valence electrons. The number of carbonyl (C=O) groups excluding carboxylic acids is 2. The Bertz CT molecular complexity index is 254. The van der Waals surface area contributed by atoms with Gasteiger partial charge in [-0.2, -0.15) is 0 Å². The number of likely N-dealkylation sites (N-methyl/N-ethyl adjacent to an activating group) is 1. The fraction of sp³-hybridized carbons (Fsp3) is 0.818. The highest BCUT2D eigenvalue weighted by atomic mass is 16.2. The minimum absolute atomic E-state index is 0.170. The fourth-order valence-electron chi connectivity index (χ4n) is 1.65. The highest BCUT2D eigenvalue weighted by Crippen LogP contribution is 1.94. The van der Waals surface area contributed by atoms with Gasteiger partial charge in [-0.1, -0.05) is 13.8 Å². The predicted molar refractivity (Wildman–Crippen MR) is 67.6 cm³/mol. The lowest BCUT2D eigenvalue weighted by Gasteiger charge is -2.25. The summed E-state index contributed by atoms with van der Waals surface area (Å²) < 4.78 is 0. The largest absolute Gasteiger partial charge is 0.351 e. The molecule has 0 fully saturated rings. The monoisotopic (exact) mass is 244 g/mol. The zero-order valence-electron chi connectivity index (χ0n) is 11.1. The van der Waals surface area contributed by atoms with Gasteiger partial charge in [0.1, 0.15) is 0 Å². The van der Waals surface area contributed by atoms with E-state index in [2.05, 4.69) is 29.4 Å². The summed E-state index contributed by atoms with van der Waals surface area (Å²) in [7, 11) is 0. The van der Waals surface area contributed by atoms with Crippen LogP contribution in [0.15, 0.2) is 0 Å². The summed E-state index contributed by atoms with van der Waals surface area (Å²) in [4.78, 5) is 24.2. The van der Waals surface area contributed by atoms with Crippen molar-refractivity contribution in [3.63, 3.8) is 0 Å². The molecule has 4 N–H and O–H groups in total. The van der Waals surface area contributed by atoms with Gasteiger partial charge in [-0.3, -0.25) is 10.1 Å². The smallest absolute Gasteiger partial charge is 0.318 e. The number of urea groups is 1. The number of nitrogens with two attached hydrogens (primary N) is 1. The quantitative estimate of drug-likeness (QED) is 0.583. The van der Waals surface area contributed by atoms with Crippen LogP contribution in [0.3, 0.4) is 0 Å². The number of rotatable bonds is 7. The van der Waals surface area contributed by atoms with Gasteiger partial charge in [0, 0.05) is 12.6 Å². The van der Waals surface area contributed by atoms with Crippen LogP contribution in [0.4, 0.5) is 4.79 Å². The van der Waals surface area contributed by atoms with Gasteiger partial charge in [-0.15, -0.1) is 0 Å². The van der Waals surface area contributed by atoms with Gasteiger partial charge in [-0.25, -0.2) is 4.79 Å². The highest BCUT2D eigenvalue weighted by molar-refractivity contribution is 5.96. The molecule has 0 saturated carbocycles. The van der Waals surface area contributed by atoms with Crippen LogP contribution in [0, 0.1) is 0 Å². The van der Waals surface area contributed by atoms with Crippen LogP contribution in [0.5, 0.6) is 0 Å². The van der Waals surface area contributed by atoms with Crippen molar-refractivity contribution in [2.45, 2.75) is 39.8 Å². The highest BCUT2D eigenvalue weighted by Gasteiger charge is 2.17. The van der Waals surface area contributed by atoms with Crippen molar-refractivity contribution in [1.82, 2.24) is 15.5 Å². The van der Waals surface area contributed by atoms with E-state index in [1.807, 2.05) is 6.92 Å². The third kappa shape index (κ3) is 6.91. The average molecular weight is 244 g/mol. The maximum atomic E-state index is 11.4. The first-order valence-electron chi connectivity index (χ1n) is 5.99. The van der Waals surface area contributed by atoms with E-state index in [0.717, 1.165) is 19.6 Å². The van der Waals surface area contributed by atoms with Gasteiger partial charge in [0.25, 0.3) is 0 Å². The Morgan fingerprint density at radius 2 is 1.76 bits per heavy atom. The van der Waals surface area contributed by atoms with Crippen molar-refractivity contribution in [1.29, 1.82) is 0 Å². The lowest BCUT2D eigenvalue weighted by molar-refractivity contribution is -0.121. The first-order valence-corrected chi connectivity index (χ1v) is 5.99. The third-order valence-electron chi connectivity index (χ3n) is 2.60. The molecule has 2 atom stereocenters. The summed E-state index contributed by atoms with van der Waals surface area (Å²) in [5.74, 6) is -0.399. The van der Waals surface area contributed by atoms with Crippen molar-refractivity contribution in [2.24, 2.45) is 5.73 Å².